The van der Waals surface area contributed by atoms with Crippen LogP contribution in [-0.4, -0.2) is 30.4 Å². The minimum absolute atomic E-state index is 0. The predicted molar refractivity (Wildman–Crippen MR) is 115 cm³/mol. The summed E-state index contributed by atoms with van der Waals surface area (Å²) < 4.78 is 5.62. The molecule has 0 aromatic heterocycles. The Morgan fingerprint density at radius 1 is 1.11 bits per heavy atom. The number of hydrogen-bond donors (Lipinski definition) is 3. The molecule has 0 saturated heterocycles. The van der Waals surface area contributed by atoms with Crippen LogP contribution in [0, 0.1) is 0 Å². The first kappa shape index (κ1) is 23.7. The first-order valence-corrected chi connectivity index (χ1v) is 9.14. The van der Waals surface area contributed by atoms with Gasteiger partial charge in [0.25, 0.3) is 0 Å². The molecule has 0 heterocycles. The van der Waals surface area contributed by atoms with Crippen LogP contribution in [0.5, 0.6) is 5.75 Å². The molecule has 3 rings (SSSR count). The third kappa shape index (κ3) is 7.32. The number of nitrogens with one attached hydrogen (secondary N) is 1. The van der Waals surface area contributed by atoms with E-state index in [0.717, 1.165) is 25.0 Å². The highest BCUT2D eigenvalue weighted by atomic mass is 35.5. The smallest absolute Gasteiger partial charge is 0.119 e. The monoisotopic (exact) mass is 412 g/mol. The standard InChI is InChI=1S/C21H28N2O2.2ClH/c22-13-16-9-10-17-5-4-6-19(12-18(17)11-16)23-14-20(24)15-25-21-7-2-1-3-8-21;;/h1-3,7-11,19-20,23-24H,4-6,12-15,22H2;2*1H/t19?,20-;;/m0../s1. The van der Waals surface area contributed by atoms with Crippen molar-refractivity contribution in [3.63, 3.8) is 0 Å². The molecule has 0 aliphatic heterocycles. The minimum Gasteiger partial charge on any atom is -0.491 e. The average Bonchev–Trinajstić information content (AvgIpc) is 2.86. The van der Waals surface area contributed by atoms with E-state index in [4.69, 9.17) is 10.5 Å². The summed E-state index contributed by atoms with van der Waals surface area (Å²) in [5.74, 6) is 0.791. The normalized spacial score (nSPS) is 16.9. The van der Waals surface area contributed by atoms with Gasteiger partial charge in [0.15, 0.2) is 0 Å². The fourth-order valence-corrected chi connectivity index (χ4v) is 3.39. The summed E-state index contributed by atoms with van der Waals surface area (Å²) in [4.78, 5) is 0. The average molecular weight is 413 g/mol. The van der Waals surface area contributed by atoms with Crippen molar-refractivity contribution in [2.75, 3.05) is 13.2 Å². The van der Waals surface area contributed by atoms with Crippen molar-refractivity contribution in [2.24, 2.45) is 5.73 Å². The molecule has 1 unspecified atom stereocenters. The van der Waals surface area contributed by atoms with Gasteiger partial charge in [0, 0.05) is 19.1 Å². The zero-order chi connectivity index (χ0) is 17.5. The Hall–Kier alpha value is -1.30. The van der Waals surface area contributed by atoms with Gasteiger partial charge in [-0.2, -0.15) is 0 Å². The number of para-hydroxylation sites is 1. The van der Waals surface area contributed by atoms with Crippen molar-refractivity contribution in [3.05, 3.63) is 65.2 Å². The van der Waals surface area contributed by atoms with Crippen LogP contribution in [0.2, 0.25) is 0 Å². The molecule has 0 fully saturated rings. The van der Waals surface area contributed by atoms with Crippen molar-refractivity contribution in [1.29, 1.82) is 0 Å². The number of rotatable bonds is 7. The van der Waals surface area contributed by atoms with Crippen LogP contribution in [0.1, 0.15) is 29.5 Å². The maximum absolute atomic E-state index is 10.2. The molecule has 4 N–H and O–H groups in total. The van der Waals surface area contributed by atoms with Gasteiger partial charge in [-0.05, 0) is 54.5 Å². The summed E-state index contributed by atoms with van der Waals surface area (Å²) in [7, 11) is 0. The van der Waals surface area contributed by atoms with Crippen LogP contribution in [-0.2, 0) is 19.4 Å². The molecule has 4 nitrogen and oxygen atoms in total. The summed E-state index contributed by atoms with van der Waals surface area (Å²) >= 11 is 0. The number of hydrogen-bond acceptors (Lipinski definition) is 4. The largest absolute Gasteiger partial charge is 0.491 e. The lowest BCUT2D eigenvalue weighted by molar-refractivity contribution is 0.103. The molecule has 150 valence electrons. The Balaban J connectivity index is 0.00000182. The van der Waals surface area contributed by atoms with Crippen molar-refractivity contribution >= 4 is 24.8 Å². The summed E-state index contributed by atoms with van der Waals surface area (Å²) in [5, 5.41) is 13.7. The quantitative estimate of drug-likeness (QED) is 0.610. The first-order chi connectivity index (χ1) is 12.2. The molecule has 0 bridgehead atoms. The van der Waals surface area contributed by atoms with Crippen LogP contribution in [0.4, 0.5) is 0 Å². The number of nitrogens with two attached hydrogens (primary N) is 1. The van der Waals surface area contributed by atoms with Crippen molar-refractivity contribution in [1.82, 2.24) is 5.32 Å². The zero-order valence-electron chi connectivity index (χ0n) is 15.5. The molecule has 6 heteroatoms. The maximum atomic E-state index is 10.2. The number of aryl methyl sites for hydroxylation is 1. The summed E-state index contributed by atoms with van der Waals surface area (Å²) in [6, 6.07) is 16.6. The summed E-state index contributed by atoms with van der Waals surface area (Å²) in [5.41, 5.74) is 9.80. The number of aliphatic hydroxyl groups is 1. The van der Waals surface area contributed by atoms with Crippen molar-refractivity contribution in [3.8, 4) is 5.75 Å². The molecule has 0 amide bonds. The molecule has 0 spiro atoms. The summed E-state index contributed by atoms with van der Waals surface area (Å²) in [6.07, 6.45) is 3.90. The maximum Gasteiger partial charge on any atom is 0.119 e. The van der Waals surface area contributed by atoms with Gasteiger partial charge in [-0.1, -0.05) is 36.4 Å². The second kappa shape index (κ2) is 12.2. The number of fused-ring (bicyclic) bond motifs is 1. The van der Waals surface area contributed by atoms with E-state index in [1.165, 1.54) is 23.1 Å². The molecular weight excluding hydrogens is 383 g/mol. The molecule has 2 atom stereocenters. The fraction of sp³-hybridized carbons (Fsp3) is 0.429. The van der Waals surface area contributed by atoms with E-state index < -0.39 is 6.10 Å². The summed E-state index contributed by atoms with van der Waals surface area (Å²) in [6.45, 7) is 1.43. The second-order valence-corrected chi connectivity index (χ2v) is 6.79. The first-order valence-electron chi connectivity index (χ1n) is 9.14. The van der Waals surface area contributed by atoms with Gasteiger partial charge in [0.05, 0.1) is 0 Å². The lowest BCUT2D eigenvalue weighted by Gasteiger charge is -2.20. The number of aliphatic hydroxyl groups excluding tert-OH is 1. The van der Waals surface area contributed by atoms with Gasteiger partial charge in [0.1, 0.15) is 18.5 Å². The molecule has 2 aromatic rings. The molecular formula is C21H30Cl2N2O2. The fourth-order valence-electron chi connectivity index (χ4n) is 3.39. The highest BCUT2D eigenvalue weighted by molar-refractivity contribution is 5.85. The van der Waals surface area contributed by atoms with Gasteiger partial charge in [0.2, 0.25) is 0 Å². The van der Waals surface area contributed by atoms with Crippen molar-refractivity contribution in [2.45, 2.75) is 44.4 Å². The lowest BCUT2D eigenvalue weighted by Crippen LogP contribution is -2.39. The Morgan fingerprint density at radius 3 is 2.63 bits per heavy atom. The third-order valence-corrected chi connectivity index (χ3v) is 4.80. The Morgan fingerprint density at radius 2 is 1.89 bits per heavy atom. The molecule has 1 aliphatic carbocycles. The Kier molecular flexibility index (Phi) is 10.7. The lowest BCUT2D eigenvalue weighted by atomic mass is 9.99. The number of benzene rings is 2. The molecule has 0 saturated carbocycles. The van der Waals surface area contributed by atoms with Gasteiger partial charge in [-0.3, -0.25) is 0 Å². The topological polar surface area (TPSA) is 67.5 Å². The number of halogens is 2. The second-order valence-electron chi connectivity index (χ2n) is 6.79. The van der Waals surface area contributed by atoms with Crippen LogP contribution in [0.15, 0.2) is 48.5 Å². The van der Waals surface area contributed by atoms with Crippen LogP contribution in [0.25, 0.3) is 0 Å². The van der Waals surface area contributed by atoms with E-state index in [2.05, 4.69) is 23.5 Å². The van der Waals surface area contributed by atoms with Gasteiger partial charge in [-0.25, -0.2) is 0 Å². The molecule has 0 radical (unpaired) electrons. The molecule has 1 aliphatic rings. The third-order valence-electron chi connectivity index (χ3n) is 4.80. The Bertz CT molecular complexity index is 670. The van der Waals surface area contributed by atoms with Crippen LogP contribution in [0.3, 0.4) is 0 Å². The van der Waals surface area contributed by atoms with E-state index in [-0.39, 0.29) is 24.8 Å². The van der Waals surface area contributed by atoms with E-state index in [9.17, 15) is 5.11 Å². The highest BCUT2D eigenvalue weighted by Crippen LogP contribution is 2.22. The predicted octanol–water partition coefficient (Wildman–Crippen LogP) is 3.27. The number of ether oxygens (including phenoxy) is 1. The molecule has 27 heavy (non-hydrogen) atoms. The van der Waals surface area contributed by atoms with Crippen LogP contribution >= 0.6 is 24.8 Å². The van der Waals surface area contributed by atoms with Gasteiger partial charge in [-0.15, -0.1) is 24.8 Å². The highest BCUT2D eigenvalue weighted by Gasteiger charge is 2.18. The SMILES string of the molecule is Cl.Cl.NCc1ccc2c(c1)CC(NC[C@H](O)COc1ccccc1)CCC2. The molecule has 2 aromatic carbocycles. The van der Waals surface area contributed by atoms with E-state index >= 15 is 0 Å². The zero-order valence-corrected chi connectivity index (χ0v) is 17.1. The van der Waals surface area contributed by atoms with E-state index in [1.807, 2.05) is 30.3 Å². The van der Waals surface area contributed by atoms with E-state index in [0.29, 0.717) is 25.7 Å². The Labute approximate surface area is 174 Å². The van der Waals surface area contributed by atoms with Crippen LogP contribution < -0.4 is 15.8 Å². The van der Waals surface area contributed by atoms with Gasteiger partial charge < -0.3 is 20.9 Å². The minimum atomic E-state index is -0.515. The van der Waals surface area contributed by atoms with E-state index in [1.54, 1.807) is 0 Å². The van der Waals surface area contributed by atoms with Gasteiger partial charge >= 0.3 is 0 Å². The van der Waals surface area contributed by atoms with Crippen molar-refractivity contribution < 1.29 is 9.84 Å².